The quantitative estimate of drug-likeness (QED) is 0.789. The molecule has 0 fully saturated rings. The Hall–Kier alpha value is -0.650. The second-order valence-electron chi connectivity index (χ2n) is 4.56. The van der Waals surface area contributed by atoms with E-state index in [0.29, 0.717) is 19.1 Å². The minimum Gasteiger partial charge on any atom is -0.378 e. The molecule has 5 heteroatoms. The molecule has 18 heavy (non-hydrogen) atoms. The Morgan fingerprint density at radius 3 is 2.67 bits per heavy atom. The number of hydrogen-bond acceptors (Lipinski definition) is 5. The Labute approximate surface area is 114 Å². The molecule has 2 N–H and O–H groups in total. The number of rotatable bonds is 8. The number of ether oxygens (including phenoxy) is 1. The van der Waals surface area contributed by atoms with Gasteiger partial charge in [-0.15, -0.1) is 11.3 Å². The van der Waals surface area contributed by atoms with Crippen LogP contribution in [0.15, 0.2) is 0 Å². The molecule has 0 aromatic carbocycles. The van der Waals surface area contributed by atoms with Gasteiger partial charge in [0.05, 0.1) is 12.3 Å². The van der Waals surface area contributed by atoms with Gasteiger partial charge < -0.3 is 15.4 Å². The van der Waals surface area contributed by atoms with E-state index in [2.05, 4.69) is 30.7 Å². The van der Waals surface area contributed by atoms with Crippen molar-refractivity contribution in [3.8, 4) is 0 Å². The highest BCUT2D eigenvalue weighted by Gasteiger charge is 2.16. The Morgan fingerprint density at radius 2 is 2.17 bits per heavy atom. The van der Waals surface area contributed by atoms with Crippen molar-refractivity contribution in [3.05, 3.63) is 10.6 Å². The van der Waals surface area contributed by atoms with E-state index in [1.54, 1.807) is 18.4 Å². The molecular weight excluding hydrogens is 246 g/mol. The van der Waals surface area contributed by atoms with Crippen LogP contribution >= 0.6 is 11.3 Å². The molecule has 0 spiro atoms. The number of methoxy groups -OCH3 is 1. The van der Waals surface area contributed by atoms with Crippen LogP contribution in [-0.4, -0.2) is 25.2 Å². The summed E-state index contributed by atoms with van der Waals surface area (Å²) < 4.78 is 5.17. The summed E-state index contributed by atoms with van der Waals surface area (Å²) in [5, 5.41) is 1.07. The van der Waals surface area contributed by atoms with Gasteiger partial charge in [0.15, 0.2) is 5.13 Å². The normalized spacial score (nSPS) is 12.7. The molecule has 0 aliphatic heterocycles. The fourth-order valence-corrected chi connectivity index (χ4v) is 2.78. The Bertz CT molecular complexity index is 354. The Balaban J connectivity index is 2.85. The van der Waals surface area contributed by atoms with E-state index in [-0.39, 0.29) is 0 Å². The Kier molecular flexibility index (Phi) is 6.60. The molecule has 1 heterocycles. The predicted octanol–water partition coefficient (Wildman–Crippen LogP) is 2.62. The number of anilines is 1. The number of nitrogens with zero attached hydrogens (tertiary/aromatic N) is 2. The maximum atomic E-state index is 5.76. The molecule has 0 radical (unpaired) electrons. The van der Waals surface area contributed by atoms with Crippen LogP contribution in [-0.2, 0) is 17.9 Å². The zero-order valence-corrected chi connectivity index (χ0v) is 12.7. The number of aromatic nitrogens is 1. The van der Waals surface area contributed by atoms with Gasteiger partial charge in [0.2, 0.25) is 0 Å². The van der Waals surface area contributed by atoms with E-state index >= 15 is 0 Å². The average molecular weight is 271 g/mol. The molecule has 1 unspecified atom stereocenters. The second kappa shape index (κ2) is 7.71. The second-order valence-corrected chi connectivity index (χ2v) is 5.62. The van der Waals surface area contributed by atoms with Gasteiger partial charge in [0.25, 0.3) is 0 Å². The average Bonchev–Trinajstić information content (AvgIpc) is 2.79. The smallest absolute Gasteiger partial charge is 0.185 e. The first-order chi connectivity index (χ1) is 8.65. The zero-order valence-electron chi connectivity index (χ0n) is 11.9. The van der Waals surface area contributed by atoms with Crippen LogP contribution in [0.4, 0.5) is 5.13 Å². The first-order valence-corrected chi connectivity index (χ1v) is 7.40. The SMILES string of the molecule is CCC(C)CN(CC)c1nc(COC)c(CN)s1. The van der Waals surface area contributed by atoms with E-state index in [1.807, 2.05) is 0 Å². The van der Waals surface area contributed by atoms with Crippen LogP contribution in [0.1, 0.15) is 37.8 Å². The first kappa shape index (κ1) is 15.4. The van der Waals surface area contributed by atoms with Crippen LogP contribution in [0.5, 0.6) is 0 Å². The molecule has 0 aliphatic rings. The third kappa shape index (κ3) is 3.93. The lowest BCUT2D eigenvalue weighted by atomic mass is 10.1. The fraction of sp³-hybridized carbons (Fsp3) is 0.769. The van der Waals surface area contributed by atoms with Crippen molar-refractivity contribution in [1.82, 2.24) is 4.98 Å². The van der Waals surface area contributed by atoms with E-state index < -0.39 is 0 Å². The highest BCUT2D eigenvalue weighted by atomic mass is 32.1. The van der Waals surface area contributed by atoms with Crippen LogP contribution in [0.3, 0.4) is 0 Å². The van der Waals surface area contributed by atoms with Gasteiger partial charge in [0, 0.05) is 31.6 Å². The largest absolute Gasteiger partial charge is 0.378 e. The number of thiazole rings is 1. The summed E-state index contributed by atoms with van der Waals surface area (Å²) in [5.74, 6) is 0.682. The van der Waals surface area contributed by atoms with Gasteiger partial charge in [-0.2, -0.15) is 0 Å². The third-order valence-electron chi connectivity index (χ3n) is 3.11. The summed E-state index contributed by atoms with van der Waals surface area (Å²) in [4.78, 5) is 8.13. The highest BCUT2D eigenvalue weighted by molar-refractivity contribution is 7.15. The van der Waals surface area contributed by atoms with Crippen molar-refractivity contribution in [1.29, 1.82) is 0 Å². The molecule has 0 aliphatic carbocycles. The third-order valence-corrected chi connectivity index (χ3v) is 4.30. The summed E-state index contributed by atoms with van der Waals surface area (Å²) in [5.41, 5.74) is 6.75. The standard InChI is InChI=1S/C13H25N3OS/c1-5-10(3)8-16(6-2)13-15-11(9-17-4)12(7-14)18-13/h10H,5-9,14H2,1-4H3. The van der Waals surface area contributed by atoms with E-state index in [9.17, 15) is 0 Å². The fourth-order valence-electron chi connectivity index (χ4n) is 1.76. The molecule has 0 amide bonds. The maximum Gasteiger partial charge on any atom is 0.185 e. The lowest BCUT2D eigenvalue weighted by Gasteiger charge is -2.23. The molecule has 0 saturated carbocycles. The molecule has 1 aromatic rings. The lowest BCUT2D eigenvalue weighted by Crippen LogP contribution is -2.27. The summed E-state index contributed by atoms with van der Waals surface area (Å²) in [6.07, 6.45) is 1.19. The van der Waals surface area contributed by atoms with Gasteiger partial charge in [-0.3, -0.25) is 0 Å². The van der Waals surface area contributed by atoms with Crippen molar-refractivity contribution < 1.29 is 4.74 Å². The summed E-state index contributed by atoms with van der Waals surface area (Å²) in [6.45, 7) is 9.78. The van der Waals surface area contributed by atoms with E-state index in [4.69, 9.17) is 10.5 Å². The molecule has 1 atom stereocenters. The molecule has 0 bridgehead atoms. The van der Waals surface area contributed by atoms with Crippen molar-refractivity contribution in [2.24, 2.45) is 11.7 Å². The number of nitrogens with two attached hydrogens (primary N) is 1. The number of hydrogen-bond donors (Lipinski definition) is 1. The summed E-state index contributed by atoms with van der Waals surface area (Å²) in [7, 11) is 1.69. The minimum absolute atomic E-state index is 0.539. The monoisotopic (exact) mass is 271 g/mol. The first-order valence-electron chi connectivity index (χ1n) is 6.58. The van der Waals surface area contributed by atoms with E-state index in [0.717, 1.165) is 28.8 Å². The van der Waals surface area contributed by atoms with E-state index in [1.165, 1.54) is 6.42 Å². The molecule has 4 nitrogen and oxygen atoms in total. The topological polar surface area (TPSA) is 51.4 Å². The molecular formula is C13H25N3OS. The van der Waals surface area contributed by atoms with Crippen LogP contribution in [0.25, 0.3) is 0 Å². The lowest BCUT2D eigenvalue weighted by molar-refractivity contribution is 0.181. The molecule has 0 saturated heterocycles. The van der Waals surface area contributed by atoms with Gasteiger partial charge >= 0.3 is 0 Å². The molecule has 1 rings (SSSR count). The highest BCUT2D eigenvalue weighted by Crippen LogP contribution is 2.27. The van der Waals surface area contributed by atoms with Gasteiger partial charge in [-0.25, -0.2) is 4.98 Å². The van der Waals surface area contributed by atoms with Crippen molar-refractivity contribution in [2.45, 2.75) is 40.3 Å². The van der Waals surface area contributed by atoms with Crippen molar-refractivity contribution >= 4 is 16.5 Å². The van der Waals surface area contributed by atoms with Crippen LogP contribution < -0.4 is 10.6 Å². The predicted molar refractivity (Wildman–Crippen MR) is 78.1 cm³/mol. The van der Waals surface area contributed by atoms with Gasteiger partial charge in [-0.1, -0.05) is 20.3 Å². The van der Waals surface area contributed by atoms with Crippen LogP contribution in [0, 0.1) is 5.92 Å². The van der Waals surface area contributed by atoms with Crippen molar-refractivity contribution in [2.75, 3.05) is 25.1 Å². The molecule has 104 valence electrons. The van der Waals surface area contributed by atoms with Gasteiger partial charge in [-0.05, 0) is 12.8 Å². The Morgan fingerprint density at radius 1 is 1.44 bits per heavy atom. The molecule has 1 aromatic heterocycles. The minimum atomic E-state index is 0.539. The van der Waals surface area contributed by atoms with Crippen LogP contribution in [0.2, 0.25) is 0 Å². The summed E-state index contributed by atoms with van der Waals surface area (Å²) in [6, 6.07) is 0. The summed E-state index contributed by atoms with van der Waals surface area (Å²) >= 11 is 1.69. The maximum absolute atomic E-state index is 5.76. The zero-order chi connectivity index (χ0) is 13.5. The van der Waals surface area contributed by atoms with Crippen molar-refractivity contribution in [3.63, 3.8) is 0 Å². The van der Waals surface area contributed by atoms with Gasteiger partial charge in [0.1, 0.15) is 0 Å².